The Balaban J connectivity index is 2.85. The van der Waals surface area contributed by atoms with Crippen molar-refractivity contribution in [2.75, 3.05) is 19.6 Å². The molecule has 1 aromatic rings. The van der Waals surface area contributed by atoms with Gasteiger partial charge in [0.15, 0.2) is 0 Å². The molecule has 1 rings (SSSR count). The van der Waals surface area contributed by atoms with Crippen LogP contribution < -0.4 is 5.73 Å². The van der Waals surface area contributed by atoms with Gasteiger partial charge in [-0.3, -0.25) is 4.79 Å². The van der Waals surface area contributed by atoms with Gasteiger partial charge in [-0.2, -0.15) is 13.2 Å². The van der Waals surface area contributed by atoms with Gasteiger partial charge in [-0.05, 0) is 43.7 Å². The first kappa shape index (κ1) is 16.5. The maximum absolute atomic E-state index is 12.5. The largest absolute Gasteiger partial charge is 0.416 e. The first-order valence-corrected chi connectivity index (χ1v) is 6.46. The number of hydrogen-bond donors (Lipinski definition) is 1. The molecule has 3 nitrogen and oxygen atoms in total. The molecule has 1 unspecified atom stereocenters. The van der Waals surface area contributed by atoms with Crippen LogP contribution in [0.5, 0.6) is 0 Å². The Bertz CT molecular complexity index is 443. The molecule has 6 heteroatoms. The molecule has 0 aliphatic carbocycles. The van der Waals surface area contributed by atoms with Crippen molar-refractivity contribution in [1.82, 2.24) is 4.90 Å². The Kier molecular flexibility index (Phi) is 5.56. The second-order valence-electron chi connectivity index (χ2n) is 4.76. The number of alkyl halides is 3. The molecular weight excluding hydrogens is 269 g/mol. The molecule has 1 amide bonds. The van der Waals surface area contributed by atoms with Crippen LogP contribution in [-0.2, 0) is 6.18 Å². The summed E-state index contributed by atoms with van der Waals surface area (Å²) in [6, 6.07) is 4.27. The van der Waals surface area contributed by atoms with Crippen molar-refractivity contribution in [2.24, 2.45) is 11.7 Å². The fourth-order valence-electron chi connectivity index (χ4n) is 1.79. The Morgan fingerprint density at radius 2 is 1.85 bits per heavy atom. The van der Waals surface area contributed by atoms with Crippen LogP contribution in [0, 0.1) is 5.92 Å². The number of rotatable bonds is 5. The van der Waals surface area contributed by atoms with Gasteiger partial charge in [-0.15, -0.1) is 0 Å². The van der Waals surface area contributed by atoms with E-state index >= 15 is 0 Å². The predicted molar refractivity (Wildman–Crippen MR) is 71.2 cm³/mol. The molecule has 0 aliphatic heterocycles. The Hall–Kier alpha value is -1.56. The lowest BCUT2D eigenvalue weighted by molar-refractivity contribution is -0.137. The van der Waals surface area contributed by atoms with Gasteiger partial charge in [0, 0.05) is 18.7 Å². The molecule has 0 fully saturated rings. The van der Waals surface area contributed by atoms with Crippen LogP contribution in [0.15, 0.2) is 24.3 Å². The van der Waals surface area contributed by atoms with Crippen molar-refractivity contribution in [3.63, 3.8) is 0 Å². The van der Waals surface area contributed by atoms with Crippen LogP contribution in [0.2, 0.25) is 0 Å². The number of nitrogens with zero attached hydrogens (tertiary/aromatic N) is 1. The number of nitrogens with two attached hydrogens (primary N) is 1. The monoisotopic (exact) mass is 288 g/mol. The highest BCUT2D eigenvalue weighted by Gasteiger charge is 2.30. The quantitative estimate of drug-likeness (QED) is 0.905. The van der Waals surface area contributed by atoms with Crippen molar-refractivity contribution in [3.8, 4) is 0 Å². The van der Waals surface area contributed by atoms with Gasteiger partial charge < -0.3 is 10.6 Å². The normalized spacial score (nSPS) is 13.1. The zero-order valence-corrected chi connectivity index (χ0v) is 11.6. The summed E-state index contributed by atoms with van der Waals surface area (Å²) in [6.07, 6.45) is -4.39. The summed E-state index contributed by atoms with van der Waals surface area (Å²) < 4.78 is 37.4. The van der Waals surface area contributed by atoms with E-state index in [9.17, 15) is 18.0 Å². The lowest BCUT2D eigenvalue weighted by Gasteiger charge is -2.24. The average Bonchev–Trinajstić information content (AvgIpc) is 2.42. The fraction of sp³-hybridized carbons (Fsp3) is 0.500. The summed E-state index contributed by atoms with van der Waals surface area (Å²) in [5.74, 6) is -0.130. The first-order chi connectivity index (χ1) is 9.29. The van der Waals surface area contributed by atoms with E-state index in [1.807, 2.05) is 13.8 Å². The third-order valence-electron chi connectivity index (χ3n) is 3.06. The smallest absolute Gasteiger partial charge is 0.339 e. The van der Waals surface area contributed by atoms with Crippen molar-refractivity contribution in [1.29, 1.82) is 0 Å². The van der Waals surface area contributed by atoms with E-state index in [0.29, 0.717) is 19.6 Å². The molecule has 2 N–H and O–H groups in total. The minimum Gasteiger partial charge on any atom is -0.339 e. The second-order valence-corrected chi connectivity index (χ2v) is 4.76. The zero-order chi connectivity index (χ0) is 15.3. The zero-order valence-electron chi connectivity index (χ0n) is 11.6. The molecule has 0 spiro atoms. The van der Waals surface area contributed by atoms with Gasteiger partial charge in [-0.1, -0.05) is 6.92 Å². The van der Waals surface area contributed by atoms with Gasteiger partial charge in [0.2, 0.25) is 0 Å². The third kappa shape index (κ3) is 4.23. The van der Waals surface area contributed by atoms with Crippen molar-refractivity contribution in [3.05, 3.63) is 35.4 Å². The topological polar surface area (TPSA) is 46.3 Å². The van der Waals surface area contributed by atoms with E-state index < -0.39 is 11.7 Å². The van der Waals surface area contributed by atoms with Crippen LogP contribution in [0.3, 0.4) is 0 Å². The van der Waals surface area contributed by atoms with Crippen molar-refractivity contribution in [2.45, 2.75) is 20.0 Å². The fourth-order valence-corrected chi connectivity index (χ4v) is 1.79. The molecule has 0 radical (unpaired) electrons. The lowest BCUT2D eigenvalue weighted by atomic mass is 10.1. The summed E-state index contributed by atoms with van der Waals surface area (Å²) in [7, 11) is 0. The molecule has 1 aromatic carbocycles. The number of hydrogen-bond acceptors (Lipinski definition) is 2. The van der Waals surface area contributed by atoms with Crippen LogP contribution in [0.4, 0.5) is 13.2 Å². The van der Waals surface area contributed by atoms with Crippen LogP contribution in [0.1, 0.15) is 29.8 Å². The van der Waals surface area contributed by atoms with Crippen LogP contribution in [-0.4, -0.2) is 30.4 Å². The van der Waals surface area contributed by atoms with E-state index in [-0.39, 0.29) is 17.4 Å². The summed E-state index contributed by atoms with van der Waals surface area (Å²) in [6.45, 7) is 5.18. The number of carbonyl (C=O) groups is 1. The van der Waals surface area contributed by atoms with Gasteiger partial charge in [0.05, 0.1) is 5.56 Å². The molecule has 0 aromatic heterocycles. The van der Waals surface area contributed by atoms with Crippen molar-refractivity contribution >= 4 is 5.91 Å². The predicted octanol–water partition coefficient (Wildman–Crippen LogP) is 2.76. The summed E-state index contributed by atoms with van der Waals surface area (Å²) in [5, 5.41) is 0. The van der Waals surface area contributed by atoms with E-state index in [2.05, 4.69) is 0 Å². The van der Waals surface area contributed by atoms with Crippen molar-refractivity contribution < 1.29 is 18.0 Å². The standard InChI is InChI=1S/C14H19F3N2O/c1-3-19(9-10(2)8-18)13(20)11-4-6-12(7-5-11)14(15,16)17/h4-7,10H,3,8-9,18H2,1-2H3. The van der Waals surface area contributed by atoms with Gasteiger partial charge in [-0.25, -0.2) is 0 Å². The molecule has 0 aliphatic rings. The Labute approximate surface area is 116 Å². The number of halogens is 3. The molecule has 0 bridgehead atoms. The molecule has 1 atom stereocenters. The lowest BCUT2D eigenvalue weighted by Crippen LogP contribution is -2.36. The Morgan fingerprint density at radius 3 is 2.25 bits per heavy atom. The third-order valence-corrected chi connectivity index (χ3v) is 3.06. The number of amides is 1. The molecule has 0 saturated carbocycles. The van der Waals surface area contributed by atoms with Gasteiger partial charge in [0.25, 0.3) is 5.91 Å². The SMILES string of the molecule is CCN(CC(C)CN)C(=O)c1ccc(C(F)(F)F)cc1. The summed E-state index contributed by atoms with van der Waals surface area (Å²) in [5.41, 5.74) is 5.02. The number of benzene rings is 1. The average molecular weight is 288 g/mol. The van der Waals surface area contributed by atoms with Gasteiger partial charge in [0.1, 0.15) is 0 Å². The van der Waals surface area contributed by atoms with E-state index in [1.165, 1.54) is 12.1 Å². The maximum Gasteiger partial charge on any atom is 0.416 e. The minimum absolute atomic E-state index is 0.147. The highest BCUT2D eigenvalue weighted by Crippen LogP contribution is 2.29. The molecule has 112 valence electrons. The van der Waals surface area contributed by atoms with Gasteiger partial charge >= 0.3 is 6.18 Å². The highest BCUT2D eigenvalue weighted by atomic mass is 19.4. The second kappa shape index (κ2) is 6.74. The van der Waals surface area contributed by atoms with E-state index in [0.717, 1.165) is 12.1 Å². The van der Waals surface area contributed by atoms with E-state index in [4.69, 9.17) is 5.73 Å². The minimum atomic E-state index is -4.39. The molecule has 20 heavy (non-hydrogen) atoms. The molecule has 0 heterocycles. The first-order valence-electron chi connectivity index (χ1n) is 6.46. The molecular formula is C14H19F3N2O. The maximum atomic E-state index is 12.5. The summed E-state index contributed by atoms with van der Waals surface area (Å²) >= 11 is 0. The van der Waals surface area contributed by atoms with Crippen LogP contribution >= 0.6 is 0 Å². The van der Waals surface area contributed by atoms with Crippen LogP contribution in [0.25, 0.3) is 0 Å². The molecule has 0 saturated heterocycles. The summed E-state index contributed by atoms with van der Waals surface area (Å²) in [4.78, 5) is 13.8. The Morgan fingerprint density at radius 1 is 1.30 bits per heavy atom. The number of carbonyl (C=O) groups excluding carboxylic acids is 1. The van der Waals surface area contributed by atoms with E-state index in [1.54, 1.807) is 4.90 Å². The highest BCUT2D eigenvalue weighted by molar-refractivity contribution is 5.94.